The normalized spacial score (nSPS) is 11.5. The summed E-state index contributed by atoms with van der Waals surface area (Å²) in [5.41, 5.74) is -0.0952. The number of ketones is 1. The van der Waals surface area contributed by atoms with Gasteiger partial charge in [0.1, 0.15) is 5.78 Å². The van der Waals surface area contributed by atoms with E-state index in [2.05, 4.69) is 0 Å². The molecule has 0 N–H and O–H groups in total. The van der Waals surface area contributed by atoms with Crippen LogP contribution in [0.5, 0.6) is 0 Å². The molecule has 0 unspecified atom stereocenters. The number of carbonyl (C=O) groups is 1. The molecule has 1 nitrogen and oxygen atoms in total. The Bertz CT molecular complexity index is 382. The largest absolute Gasteiger partial charge is 0.416 e. The summed E-state index contributed by atoms with van der Waals surface area (Å²) in [4.78, 5) is 11.3. The molecule has 1 aromatic rings. The predicted octanol–water partition coefficient (Wildman–Crippen LogP) is 4.01. The van der Waals surface area contributed by atoms with E-state index in [-0.39, 0.29) is 5.78 Å². The van der Waals surface area contributed by atoms with Gasteiger partial charge in [-0.15, -0.1) is 0 Å². The van der Waals surface area contributed by atoms with E-state index in [4.69, 9.17) is 0 Å². The van der Waals surface area contributed by atoms with Gasteiger partial charge in [0.05, 0.1) is 5.56 Å². The molecular weight excluding hydrogens is 229 g/mol. The number of benzene rings is 1. The third-order valence-electron chi connectivity index (χ3n) is 2.48. The average Bonchev–Trinajstić information content (AvgIpc) is 2.26. The quantitative estimate of drug-likeness (QED) is 0.764. The van der Waals surface area contributed by atoms with Gasteiger partial charge in [0.15, 0.2) is 0 Å². The minimum absolute atomic E-state index is 0.102. The van der Waals surface area contributed by atoms with Crippen molar-refractivity contribution in [2.75, 3.05) is 0 Å². The Balaban J connectivity index is 2.64. The lowest BCUT2D eigenvalue weighted by Gasteiger charge is -2.08. The zero-order chi connectivity index (χ0) is 12.9. The highest BCUT2D eigenvalue weighted by atomic mass is 19.4. The third-order valence-corrected chi connectivity index (χ3v) is 2.48. The number of alkyl halides is 3. The maximum absolute atomic E-state index is 12.4. The van der Waals surface area contributed by atoms with E-state index in [0.717, 1.165) is 18.6 Å². The molecule has 94 valence electrons. The molecule has 0 aliphatic rings. The zero-order valence-electron chi connectivity index (χ0n) is 9.68. The second-order valence-corrected chi connectivity index (χ2v) is 3.99. The number of hydrogen-bond acceptors (Lipinski definition) is 1. The van der Waals surface area contributed by atoms with Crippen molar-refractivity contribution < 1.29 is 18.0 Å². The second-order valence-electron chi connectivity index (χ2n) is 3.99. The lowest BCUT2D eigenvalue weighted by molar-refractivity contribution is -0.137. The van der Waals surface area contributed by atoms with Crippen molar-refractivity contribution in [1.29, 1.82) is 0 Å². The maximum Gasteiger partial charge on any atom is 0.416 e. The van der Waals surface area contributed by atoms with Crippen LogP contribution in [0, 0.1) is 0 Å². The molecule has 0 aromatic heterocycles. The highest BCUT2D eigenvalue weighted by Gasteiger charge is 2.30. The van der Waals surface area contributed by atoms with Gasteiger partial charge in [-0.25, -0.2) is 0 Å². The highest BCUT2D eigenvalue weighted by molar-refractivity contribution is 5.78. The average molecular weight is 244 g/mol. The molecule has 0 amide bonds. The molecule has 0 spiro atoms. The van der Waals surface area contributed by atoms with Crippen molar-refractivity contribution in [3.63, 3.8) is 0 Å². The van der Waals surface area contributed by atoms with Crippen molar-refractivity contribution in [2.24, 2.45) is 0 Å². The summed E-state index contributed by atoms with van der Waals surface area (Å²) in [6.07, 6.45) is -2.35. The minimum Gasteiger partial charge on any atom is -0.300 e. The second kappa shape index (κ2) is 5.84. The molecule has 0 aliphatic carbocycles. The fraction of sp³-hybridized carbons (Fsp3) is 0.462. The summed E-state index contributed by atoms with van der Waals surface area (Å²) in [6, 6.07) is 5.15. The van der Waals surface area contributed by atoms with Gasteiger partial charge in [-0.3, -0.25) is 4.79 Å². The molecular formula is C13H15F3O. The number of hydrogen-bond donors (Lipinski definition) is 0. The monoisotopic (exact) mass is 244 g/mol. The van der Waals surface area contributed by atoms with Crippen LogP contribution in [-0.2, 0) is 17.4 Å². The number of aryl methyl sites for hydroxylation is 1. The fourth-order valence-electron chi connectivity index (χ4n) is 1.59. The Kier molecular flexibility index (Phi) is 4.73. The Morgan fingerprint density at radius 3 is 2.53 bits per heavy atom. The first kappa shape index (κ1) is 13.7. The van der Waals surface area contributed by atoms with E-state index in [9.17, 15) is 18.0 Å². The van der Waals surface area contributed by atoms with Crippen LogP contribution in [0.1, 0.15) is 37.3 Å². The first-order valence-electron chi connectivity index (χ1n) is 5.61. The standard InChI is InChI=1S/C13H15F3O/c1-2-4-12(17)8-7-10-5-3-6-11(9-10)13(14,15)16/h3,5-6,9H,2,4,7-8H2,1H3. The molecule has 17 heavy (non-hydrogen) atoms. The van der Waals surface area contributed by atoms with Crippen molar-refractivity contribution in [3.05, 3.63) is 35.4 Å². The smallest absolute Gasteiger partial charge is 0.300 e. The predicted molar refractivity (Wildman–Crippen MR) is 59.7 cm³/mol. The van der Waals surface area contributed by atoms with Crippen LogP contribution in [0.15, 0.2) is 24.3 Å². The van der Waals surface area contributed by atoms with Crippen molar-refractivity contribution >= 4 is 5.78 Å². The first-order chi connectivity index (χ1) is 7.93. The number of rotatable bonds is 5. The summed E-state index contributed by atoms with van der Waals surface area (Å²) in [6.45, 7) is 1.90. The fourth-order valence-corrected chi connectivity index (χ4v) is 1.59. The summed E-state index contributed by atoms with van der Waals surface area (Å²) >= 11 is 0. The van der Waals surface area contributed by atoms with Crippen LogP contribution >= 0.6 is 0 Å². The third kappa shape index (κ3) is 4.59. The van der Waals surface area contributed by atoms with Gasteiger partial charge in [0.2, 0.25) is 0 Å². The van der Waals surface area contributed by atoms with Crippen LogP contribution in [-0.4, -0.2) is 5.78 Å². The van der Waals surface area contributed by atoms with Crippen molar-refractivity contribution in [2.45, 2.75) is 38.8 Å². The highest BCUT2D eigenvalue weighted by Crippen LogP contribution is 2.29. The molecule has 0 fully saturated rings. The molecule has 0 bridgehead atoms. The van der Waals surface area contributed by atoms with Crippen LogP contribution in [0.3, 0.4) is 0 Å². The summed E-state index contributed by atoms with van der Waals surface area (Å²) in [5, 5.41) is 0. The van der Waals surface area contributed by atoms with Crippen LogP contribution < -0.4 is 0 Å². The van der Waals surface area contributed by atoms with Crippen molar-refractivity contribution in [3.8, 4) is 0 Å². The van der Waals surface area contributed by atoms with E-state index >= 15 is 0 Å². The molecule has 0 heterocycles. The summed E-state index contributed by atoms with van der Waals surface area (Å²) in [7, 11) is 0. The Morgan fingerprint density at radius 1 is 1.24 bits per heavy atom. The van der Waals surface area contributed by atoms with Gasteiger partial charge < -0.3 is 0 Å². The molecule has 0 atom stereocenters. The Hall–Kier alpha value is -1.32. The number of halogens is 3. The first-order valence-corrected chi connectivity index (χ1v) is 5.61. The Morgan fingerprint density at radius 2 is 1.94 bits per heavy atom. The van der Waals surface area contributed by atoms with E-state index in [1.165, 1.54) is 6.07 Å². The Labute approximate surface area is 98.6 Å². The molecule has 0 saturated heterocycles. The molecule has 0 aliphatic heterocycles. The van der Waals surface area contributed by atoms with Gasteiger partial charge >= 0.3 is 6.18 Å². The van der Waals surface area contributed by atoms with E-state index in [1.54, 1.807) is 6.07 Å². The molecule has 0 saturated carbocycles. The number of carbonyl (C=O) groups excluding carboxylic acids is 1. The minimum atomic E-state index is -4.32. The van der Waals surface area contributed by atoms with E-state index in [0.29, 0.717) is 24.8 Å². The molecule has 4 heteroatoms. The van der Waals surface area contributed by atoms with E-state index in [1.807, 2.05) is 6.92 Å². The van der Waals surface area contributed by atoms with Crippen LogP contribution in [0.25, 0.3) is 0 Å². The maximum atomic E-state index is 12.4. The molecule has 0 radical (unpaired) electrons. The summed E-state index contributed by atoms with van der Waals surface area (Å²) < 4.78 is 37.3. The zero-order valence-corrected chi connectivity index (χ0v) is 9.68. The summed E-state index contributed by atoms with van der Waals surface area (Å²) in [5.74, 6) is 0.102. The SMILES string of the molecule is CCCC(=O)CCc1cccc(C(F)(F)F)c1. The topological polar surface area (TPSA) is 17.1 Å². The van der Waals surface area contributed by atoms with Gasteiger partial charge in [0.25, 0.3) is 0 Å². The van der Waals surface area contributed by atoms with Gasteiger partial charge in [-0.05, 0) is 24.5 Å². The van der Waals surface area contributed by atoms with Gasteiger partial charge in [0, 0.05) is 12.8 Å². The molecule has 1 rings (SSSR count). The molecule has 1 aromatic carbocycles. The van der Waals surface area contributed by atoms with Crippen LogP contribution in [0.2, 0.25) is 0 Å². The van der Waals surface area contributed by atoms with E-state index < -0.39 is 11.7 Å². The van der Waals surface area contributed by atoms with Gasteiger partial charge in [-0.2, -0.15) is 13.2 Å². The number of Topliss-reactive ketones (excluding diaryl/α,β-unsaturated/α-hetero) is 1. The van der Waals surface area contributed by atoms with Gasteiger partial charge in [-0.1, -0.05) is 25.1 Å². The van der Waals surface area contributed by atoms with Crippen LogP contribution in [0.4, 0.5) is 13.2 Å². The van der Waals surface area contributed by atoms with Crippen molar-refractivity contribution in [1.82, 2.24) is 0 Å². The lowest BCUT2D eigenvalue weighted by atomic mass is 10.0. The lowest BCUT2D eigenvalue weighted by Crippen LogP contribution is -2.06.